The normalized spacial score (nSPS) is 10.4. The van der Waals surface area contributed by atoms with Gasteiger partial charge in [-0.2, -0.15) is 0 Å². The molecular formula is C25H23FN6O. The largest absolute Gasteiger partial charge is 0.340 e. The van der Waals surface area contributed by atoms with Gasteiger partial charge in [0.25, 0.3) is 0 Å². The number of nitrogens with zero attached hydrogens (tertiary/aromatic N) is 2. The zero-order valence-corrected chi connectivity index (χ0v) is 18.2. The molecule has 4 rings (SSSR count). The number of amides is 2. The van der Waals surface area contributed by atoms with Crippen LogP contribution in [0.5, 0.6) is 0 Å². The fourth-order valence-electron chi connectivity index (χ4n) is 3.09. The average molecular weight is 442 g/mol. The highest BCUT2D eigenvalue weighted by Gasteiger charge is 2.06. The van der Waals surface area contributed by atoms with Crippen molar-refractivity contribution in [3.8, 4) is 0 Å². The quantitative estimate of drug-likeness (QED) is 0.279. The molecule has 0 fully saturated rings. The van der Waals surface area contributed by atoms with Crippen molar-refractivity contribution in [2.24, 2.45) is 0 Å². The smallest absolute Gasteiger partial charge is 0.323 e. The Morgan fingerprint density at radius 2 is 1.09 bits per heavy atom. The number of hydrogen-bond donors (Lipinski definition) is 4. The van der Waals surface area contributed by atoms with Crippen LogP contribution in [0.15, 0.2) is 78.9 Å². The van der Waals surface area contributed by atoms with Crippen LogP contribution in [0.1, 0.15) is 11.4 Å². The molecule has 3 aromatic carbocycles. The summed E-state index contributed by atoms with van der Waals surface area (Å²) >= 11 is 0. The number of halogens is 1. The van der Waals surface area contributed by atoms with Gasteiger partial charge < -0.3 is 21.3 Å². The lowest BCUT2D eigenvalue weighted by atomic mass is 10.2. The van der Waals surface area contributed by atoms with Crippen LogP contribution in [0.2, 0.25) is 0 Å². The molecule has 0 radical (unpaired) electrons. The highest BCUT2D eigenvalue weighted by atomic mass is 19.1. The van der Waals surface area contributed by atoms with E-state index in [1.165, 1.54) is 29.8 Å². The first kappa shape index (κ1) is 21.8. The summed E-state index contributed by atoms with van der Waals surface area (Å²) in [7, 11) is 0. The molecule has 1 aromatic heterocycles. The van der Waals surface area contributed by atoms with E-state index < -0.39 is 6.03 Å². The van der Waals surface area contributed by atoms with Crippen molar-refractivity contribution < 1.29 is 9.18 Å². The van der Waals surface area contributed by atoms with Crippen LogP contribution < -0.4 is 21.3 Å². The van der Waals surface area contributed by atoms with Gasteiger partial charge >= 0.3 is 6.03 Å². The van der Waals surface area contributed by atoms with Crippen LogP contribution in [0.4, 0.5) is 43.6 Å². The highest BCUT2D eigenvalue weighted by molar-refractivity contribution is 5.99. The predicted molar refractivity (Wildman–Crippen MR) is 130 cm³/mol. The number of aryl methyl sites for hydroxylation is 2. The van der Waals surface area contributed by atoms with Crippen molar-refractivity contribution in [3.63, 3.8) is 0 Å². The topological polar surface area (TPSA) is 91.0 Å². The molecule has 0 spiro atoms. The Morgan fingerprint density at radius 1 is 0.667 bits per heavy atom. The summed E-state index contributed by atoms with van der Waals surface area (Å²) in [5.74, 6) is 1.60. The molecule has 0 aliphatic rings. The molecule has 8 heteroatoms. The van der Waals surface area contributed by atoms with Gasteiger partial charge in [0.15, 0.2) is 0 Å². The zero-order valence-electron chi connectivity index (χ0n) is 18.2. The van der Waals surface area contributed by atoms with E-state index in [0.29, 0.717) is 28.8 Å². The molecule has 7 nitrogen and oxygen atoms in total. The number of carbonyl (C=O) groups excluding carboxylic acids is 1. The van der Waals surface area contributed by atoms with Gasteiger partial charge in [0, 0.05) is 28.8 Å². The minimum Gasteiger partial charge on any atom is -0.340 e. The van der Waals surface area contributed by atoms with Crippen molar-refractivity contribution in [1.82, 2.24) is 9.97 Å². The third kappa shape index (κ3) is 6.27. The first-order valence-electron chi connectivity index (χ1n) is 10.3. The number of urea groups is 1. The Morgan fingerprint density at radius 3 is 1.61 bits per heavy atom. The van der Waals surface area contributed by atoms with Crippen molar-refractivity contribution in [2.75, 3.05) is 21.3 Å². The lowest BCUT2D eigenvalue weighted by molar-refractivity contribution is 0.262. The van der Waals surface area contributed by atoms with Crippen LogP contribution >= 0.6 is 0 Å². The molecule has 0 aliphatic heterocycles. The number of anilines is 6. The zero-order chi connectivity index (χ0) is 23.2. The third-order valence-electron chi connectivity index (χ3n) is 4.68. The second-order valence-electron chi connectivity index (χ2n) is 7.47. The van der Waals surface area contributed by atoms with E-state index in [0.717, 1.165) is 11.4 Å². The van der Waals surface area contributed by atoms with Crippen LogP contribution in [0, 0.1) is 19.7 Å². The molecule has 0 aliphatic carbocycles. The maximum absolute atomic E-state index is 13.0. The fraction of sp³-hybridized carbons (Fsp3) is 0.0800. The number of hydrogen-bond acceptors (Lipinski definition) is 5. The minimum absolute atomic E-state index is 0.360. The molecule has 0 unspecified atom stereocenters. The summed E-state index contributed by atoms with van der Waals surface area (Å²) in [6, 6.07) is 22.2. The second kappa shape index (κ2) is 9.78. The van der Waals surface area contributed by atoms with Gasteiger partial charge in [-0.3, -0.25) is 0 Å². The Hall–Kier alpha value is -4.46. The van der Waals surface area contributed by atoms with E-state index >= 15 is 0 Å². The summed E-state index contributed by atoms with van der Waals surface area (Å²) in [4.78, 5) is 21.0. The molecule has 0 saturated heterocycles. The number of rotatable bonds is 6. The Balaban J connectivity index is 1.38. The molecule has 0 bridgehead atoms. The van der Waals surface area contributed by atoms with Gasteiger partial charge in [-0.1, -0.05) is 17.7 Å². The SMILES string of the molecule is Cc1ccc(Nc2cc(Nc3ccc(NC(=O)Nc4ccc(F)cc4)cc3)nc(C)n2)cc1. The molecule has 4 N–H and O–H groups in total. The molecule has 4 aromatic rings. The molecular weight excluding hydrogens is 419 g/mol. The summed E-state index contributed by atoms with van der Waals surface area (Å²) in [6.07, 6.45) is 0. The van der Waals surface area contributed by atoms with Gasteiger partial charge in [-0.25, -0.2) is 19.2 Å². The number of aromatic nitrogens is 2. The summed E-state index contributed by atoms with van der Waals surface area (Å²) in [6.45, 7) is 3.87. The lowest BCUT2D eigenvalue weighted by Gasteiger charge is -2.11. The standard InChI is InChI=1S/C25H23FN6O/c1-16-3-7-19(8-4-16)29-23-15-24(28-17(2)27-23)30-20-11-13-22(14-12-20)32-25(33)31-21-9-5-18(26)6-10-21/h3-15H,1-2H3,(H2,31,32,33)(H2,27,28,29,30). The number of nitrogens with one attached hydrogen (secondary N) is 4. The van der Waals surface area contributed by atoms with E-state index in [-0.39, 0.29) is 5.82 Å². The molecule has 2 amide bonds. The van der Waals surface area contributed by atoms with Gasteiger partial charge in [0.2, 0.25) is 0 Å². The Labute approximate surface area is 191 Å². The molecule has 1 heterocycles. The van der Waals surface area contributed by atoms with Crippen molar-refractivity contribution in [1.29, 1.82) is 0 Å². The molecule has 0 atom stereocenters. The van der Waals surface area contributed by atoms with Crippen molar-refractivity contribution >= 4 is 40.4 Å². The first-order valence-corrected chi connectivity index (χ1v) is 10.3. The van der Waals surface area contributed by atoms with Crippen LogP contribution in [-0.2, 0) is 0 Å². The Bertz CT molecular complexity index is 1240. The average Bonchev–Trinajstić information content (AvgIpc) is 2.78. The maximum Gasteiger partial charge on any atom is 0.323 e. The van der Waals surface area contributed by atoms with E-state index in [1.54, 1.807) is 12.1 Å². The van der Waals surface area contributed by atoms with Crippen LogP contribution in [0.25, 0.3) is 0 Å². The van der Waals surface area contributed by atoms with Gasteiger partial charge in [0.05, 0.1) is 0 Å². The number of carbonyl (C=O) groups is 1. The molecule has 33 heavy (non-hydrogen) atoms. The molecule has 166 valence electrons. The van der Waals surface area contributed by atoms with E-state index in [1.807, 2.05) is 56.3 Å². The lowest BCUT2D eigenvalue weighted by Crippen LogP contribution is -2.19. The summed E-state index contributed by atoms with van der Waals surface area (Å²) in [5.41, 5.74) is 4.05. The number of benzene rings is 3. The van der Waals surface area contributed by atoms with E-state index in [9.17, 15) is 9.18 Å². The van der Waals surface area contributed by atoms with E-state index in [4.69, 9.17) is 0 Å². The minimum atomic E-state index is -0.416. The predicted octanol–water partition coefficient (Wildman–Crippen LogP) is 6.36. The first-order chi connectivity index (χ1) is 15.9. The van der Waals surface area contributed by atoms with Crippen molar-refractivity contribution in [2.45, 2.75) is 13.8 Å². The second-order valence-corrected chi connectivity index (χ2v) is 7.47. The van der Waals surface area contributed by atoms with Crippen molar-refractivity contribution in [3.05, 3.63) is 96.1 Å². The monoisotopic (exact) mass is 442 g/mol. The molecule has 0 saturated carbocycles. The van der Waals surface area contributed by atoms with Crippen LogP contribution in [-0.4, -0.2) is 16.0 Å². The highest BCUT2D eigenvalue weighted by Crippen LogP contribution is 2.22. The van der Waals surface area contributed by atoms with Crippen LogP contribution in [0.3, 0.4) is 0 Å². The summed E-state index contributed by atoms with van der Waals surface area (Å²) in [5, 5.41) is 11.9. The Kier molecular flexibility index (Phi) is 6.45. The van der Waals surface area contributed by atoms with Gasteiger partial charge in [0.1, 0.15) is 23.3 Å². The fourth-order valence-corrected chi connectivity index (χ4v) is 3.09. The van der Waals surface area contributed by atoms with Gasteiger partial charge in [-0.15, -0.1) is 0 Å². The van der Waals surface area contributed by atoms with E-state index in [2.05, 4.69) is 31.2 Å². The third-order valence-corrected chi connectivity index (χ3v) is 4.68. The summed E-state index contributed by atoms with van der Waals surface area (Å²) < 4.78 is 13.0. The maximum atomic E-state index is 13.0. The van der Waals surface area contributed by atoms with Gasteiger partial charge in [-0.05, 0) is 74.5 Å².